The number of anilines is 1. The Hall–Kier alpha value is -3.16. The van der Waals surface area contributed by atoms with Crippen LogP contribution < -0.4 is 10.0 Å². The van der Waals surface area contributed by atoms with Crippen LogP contribution in [-0.2, 0) is 4.79 Å². The van der Waals surface area contributed by atoms with Gasteiger partial charge in [0, 0.05) is 11.6 Å². The number of aromatic carboxylic acids is 1. The largest absolute Gasteiger partial charge is 0.545 e. The lowest BCUT2D eigenvalue weighted by molar-refractivity contribution is -0.255. The molecule has 0 N–H and O–H groups in total. The number of rotatable bonds is 4. The molecule has 0 saturated carbocycles. The van der Waals surface area contributed by atoms with Crippen molar-refractivity contribution < 1.29 is 19.1 Å². The summed E-state index contributed by atoms with van der Waals surface area (Å²) in [5, 5.41) is 10.8. The molecule has 1 saturated heterocycles. The molecule has 4 rings (SSSR count). The lowest BCUT2D eigenvalue weighted by Gasteiger charge is -2.13. The summed E-state index contributed by atoms with van der Waals surface area (Å²) < 4.78 is 6.25. The SMILES string of the molecule is O=C([O-])c1ccc(-c2ccc(/C=C3/SC(=S)N(c4ccccc4)C3=O)o2)cc1. The van der Waals surface area contributed by atoms with E-state index in [0.29, 0.717) is 20.7 Å². The highest BCUT2D eigenvalue weighted by Crippen LogP contribution is 2.36. The molecular weight excluding hydrogens is 394 g/mol. The second-order valence-electron chi connectivity index (χ2n) is 5.92. The first-order valence-corrected chi connectivity index (χ1v) is 9.50. The molecule has 2 aromatic carbocycles. The third-order valence-corrected chi connectivity index (χ3v) is 5.42. The van der Waals surface area contributed by atoms with Crippen molar-refractivity contribution in [2.24, 2.45) is 0 Å². The zero-order chi connectivity index (χ0) is 19.7. The first kappa shape index (κ1) is 18.2. The van der Waals surface area contributed by atoms with Gasteiger partial charge < -0.3 is 14.3 Å². The van der Waals surface area contributed by atoms with Crippen molar-refractivity contribution in [2.75, 3.05) is 4.90 Å². The lowest BCUT2D eigenvalue weighted by Crippen LogP contribution is -2.27. The monoisotopic (exact) mass is 406 g/mol. The summed E-state index contributed by atoms with van der Waals surface area (Å²) in [6.45, 7) is 0. The van der Waals surface area contributed by atoms with E-state index in [2.05, 4.69) is 0 Å². The second-order valence-corrected chi connectivity index (χ2v) is 7.60. The van der Waals surface area contributed by atoms with E-state index in [4.69, 9.17) is 16.6 Å². The van der Waals surface area contributed by atoms with Gasteiger partial charge in [-0.1, -0.05) is 66.4 Å². The quantitative estimate of drug-likeness (QED) is 0.486. The number of hydrogen-bond acceptors (Lipinski definition) is 6. The van der Waals surface area contributed by atoms with Gasteiger partial charge in [0.2, 0.25) is 0 Å². The van der Waals surface area contributed by atoms with Gasteiger partial charge >= 0.3 is 0 Å². The molecule has 0 unspecified atom stereocenters. The Morgan fingerprint density at radius 1 is 1.04 bits per heavy atom. The molecule has 0 aliphatic carbocycles. The van der Waals surface area contributed by atoms with Gasteiger partial charge in [0.05, 0.1) is 16.6 Å². The number of amides is 1. The molecule has 7 heteroatoms. The van der Waals surface area contributed by atoms with Crippen LogP contribution in [0.25, 0.3) is 17.4 Å². The summed E-state index contributed by atoms with van der Waals surface area (Å²) >= 11 is 6.57. The Bertz CT molecular complexity index is 1100. The van der Waals surface area contributed by atoms with Crippen LogP contribution in [0.15, 0.2) is 76.1 Å². The number of nitrogens with zero attached hydrogens (tertiary/aromatic N) is 1. The number of furan rings is 1. The van der Waals surface area contributed by atoms with Crippen molar-refractivity contribution in [3.8, 4) is 11.3 Å². The smallest absolute Gasteiger partial charge is 0.270 e. The number of para-hydroxylation sites is 1. The number of thioether (sulfide) groups is 1. The van der Waals surface area contributed by atoms with Crippen molar-refractivity contribution >= 4 is 51.9 Å². The van der Waals surface area contributed by atoms with Crippen LogP contribution in [0.1, 0.15) is 16.1 Å². The van der Waals surface area contributed by atoms with Crippen molar-refractivity contribution in [3.05, 3.63) is 83.0 Å². The fraction of sp³-hybridized carbons (Fsp3) is 0. The number of carbonyl (C=O) groups is 2. The van der Waals surface area contributed by atoms with Gasteiger partial charge in [-0.25, -0.2) is 0 Å². The molecule has 0 spiro atoms. The van der Waals surface area contributed by atoms with Crippen LogP contribution in [0.5, 0.6) is 0 Å². The molecule has 1 amide bonds. The molecule has 2 heterocycles. The molecular formula is C21H12NO4S2-. The van der Waals surface area contributed by atoms with Crippen molar-refractivity contribution in [3.63, 3.8) is 0 Å². The highest BCUT2D eigenvalue weighted by Gasteiger charge is 2.33. The molecule has 138 valence electrons. The molecule has 1 aliphatic heterocycles. The lowest BCUT2D eigenvalue weighted by atomic mass is 10.1. The average molecular weight is 406 g/mol. The molecule has 1 aromatic heterocycles. The van der Waals surface area contributed by atoms with Crippen molar-refractivity contribution in [1.29, 1.82) is 0 Å². The summed E-state index contributed by atoms with van der Waals surface area (Å²) in [5.41, 5.74) is 1.54. The summed E-state index contributed by atoms with van der Waals surface area (Å²) in [4.78, 5) is 25.6. The fourth-order valence-electron chi connectivity index (χ4n) is 2.75. The number of carboxylic acids is 1. The van der Waals surface area contributed by atoms with Crippen LogP contribution in [0, 0.1) is 0 Å². The van der Waals surface area contributed by atoms with Crippen LogP contribution in [0.3, 0.4) is 0 Å². The molecule has 28 heavy (non-hydrogen) atoms. The molecule has 1 fully saturated rings. The Kier molecular flexibility index (Phi) is 4.85. The van der Waals surface area contributed by atoms with Gasteiger partial charge in [0.15, 0.2) is 4.32 Å². The van der Waals surface area contributed by atoms with Crippen LogP contribution in [0.4, 0.5) is 5.69 Å². The minimum Gasteiger partial charge on any atom is -0.545 e. The predicted octanol–water partition coefficient (Wildman–Crippen LogP) is 3.72. The van der Waals surface area contributed by atoms with Gasteiger partial charge in [-0.05, 0) is 29.8 Å². The summed E-state index contributed by atoms with van der Waals surface area (Å²) in [6, 6.07) is 18.9. The van der Waals surface area contributed by atoms with E-state index >= 15 is 0 Å². The summed E-state index contributed by atoms with van der Waals surface area (Å²) in [5.74, 6) is -0.355. The highest BCUT2D eigenvalue weighted by atomic mass is 32.2. The van der Waals surface area contributed by atoms with Crippen LogP contribution in [-0.4, -0.2) is 16.2 Å². The number of thiocarbonyl (C=S) groups is 1. The minimum absolute atomic E-state index is 0.0973. The Balaban J connectivity index is 1.58. The van der Waals surface area contributed by atoms with E-state index in [1.54, 1.807) is 30.3 Å². The normalized spacial score (nSPS) is 15.4. The van der Waals surface area contributed by atoms with Gasteiger partial charge in [0.25, 0.3) is 5.91 Å². The Morgan fingerprint density at radius 3 is 2.43 bits per heavy atom. The highest BCUT2D eigenvalue weighted by molar-refractivity contribution is 8.27. The minimum atomic E-state index is -1.23. The molecule has 3 aromatic rings. The van der Waals surface area contributed by atoms with Crippen LogP contribution >= 0.6 is 24.0 Å². The van der Waals surface area contributed by atoms with Gasteiger partial charge in [0.1, 0.15) is 11.5 Å². The third kappa shape index (κ3) is 3.49. The topological polar surface area (TPSA) is 73.6 Å². The molecule has 1 aliphatic rings. The van der Waals surface area contributed by atoms with Gasteiger partial charge in [-0.2, -0.15) is 0 Å². The maximum Gasteiger partial charge on any atom is 0.270 e. The van der Waals surface area contributed by atoms with Crippen molar-refractivity contribution in [1.82, 2.24) is 0 Å². The predicted molar refractivity (Wildman–Crippen MR) is 111 cm³/mol. The standard InChI is InChI=1S/C21H13NO4S2/c23-19-18(28-21(27)22(19)15-4-2-1-3-5-15)12-16-10-11-17(26-16)13-6-8-14(9-7-13)20(24)25/h1-12H,(H,24,25)/p-1/b18-12+. The van der Waals surface area contributed by atoms with Gasteiger partial charge in [-0.3, -0.25) is 9.69 Å². The second kappa shape index (κ2) is 7.46. The Morgan fingerprint density at radius 2 is 1.75 bits per heavy atom. The van der Waals surface area contributed by atoms with E-state index in [0.717, 1.165) is 11.3 Å². The molecule has 0 atom stereocenters. The van der Waals surface area contributed by atoms with Gasteiger partial charge in [-0.15, -0.1) is 0 Å². The molecule has 0 bridgehead atoms. The number of hydrogen-bond donors (Lipinski definition) is 0. The molecule has 0 radical (unpaired) electrons. The fourth-order valence-corrected chi connectivity index (χ4v) is 4.03. The average Bonchev–Trinajstić information content (AvgIpc) is 3.27. The maximum absolute atomic E-state index is 12.7. The summed E-state index contributed by atoms with van der Waals surface area (Å²) in [6.07, 6.45) is 1.65. The van der Waals surface area contributed by atoms with Crippen molar-refractivity contribution in [2.45, 2.75) is 0 Å². The van der Waals surface area contributed by atoms with E-state index in [1.165, 1.54) is 28.8 Å². The van der Waals surface area contributed by atoms with Crippen LogP contribution in [0.2, 0.25) is 0 Å². The van der Waals surface area contributed by atoms with E-state index in [9.17, 15) is 14.7 Å². The number of benzene rings is 2. The van der Waals surface area contributed by atoms with E-state index in [1.807, 2.05) is 30.3 Å². The van der Waals surface area contributed by atoms with E-state index < -0.39 is 5.97 Å². The Labute approximate surface area is 170 Å². The third-order valence-electron chi connectivity index (χ3n) is 4.11. The first-order valence-electron chi connectivity index (χ1n) is 8.27. The first-order chi connectivity index (χ1) is 13.5. The zero-order valence-electron chi connectivity index (χ0n) is 14.3. The maximum atomic E-state index is 12.7. The number of carbonyl (C=O) groups excluding carboxylic acids is 2. The summed E-state index contributed by atoms with van der Waals surface area (Å²) in [7, 11) is 0. The van der Waals surface area contributed by atoms with E-state index in [-0.39, 0.29) is 11.5 Å². The molecule has 5 nitrogen and oxygen atoms in total. The number of carboxylic acid groups (broad SMARTS) is 1. The zero-order valence-corrected chi connectivity index (χ0v) is 16.0.